The van der Waals surface area contributed by atoms with Crippen LogP contribution in [0.4, 0.5) is 23.4 Å². The van der Waals surface area contributed by atoms with Gasteiger partial charge in [0.1, 0.15) is 11.2 Å². The molecule has 45 heavy (non-hydrogen) atoms. The van der Waals surface area contributed by atoms with Gasteiger partial charge in [-0.1, -0.05) is 17.3 Å². The molecule has 1 saturated heterocycles. The normalized spacial score (nSPS) is 16.5. The lowest BCUT2D eigenvalue weighted by Gasteiger charge is -2.26. The molecule has 0 spiro atoms. The molecule has 0 unspecified atom stereocenters. The number of morpholine rings is 1. The molecule has 1 amide bonds. The third-order valence-electron chi connectivity index (χ3n) is 8.05. The van der Waals surface area contributed by atoms with Crippen LogP contribution < -0.4 is 14.8 Å². The number of nitrogens with one attached hydrogen (secondary N) is 1. The lowest BCUT2D eigenvalue weighted by Crippen LogP contribution is -2.37. The van der Waals surface area contributed by atoms with Gasteiger partial charge in [-0.05, 0) is 30.9 Å². The third kappa shape index (κ3) is 6.71. The van der Waals surface area contributed by atoms with Crippen molar-refractivity contribution in [3.8, 4) is 22.8 Å². The maximum absolute atomic E-state index is 15.1. The number of carbonyl (C=O) groups is 1. The van der Waals surface area contributed by atoms with E-state index in [1.54, 1.807) is 25.3 Å². The van der Waals surface area contributed by atoms with E-state index >= 15 is 4.39 Å². The fourth-order valence-electron chi connectivity index (χ4n) is 5.29. The summed E-state index contributed by atoms with van der Waals surface area (Å²) in [6.07, 6.45) is -2.70. The average Bonchev–Trinajstić information content (AvgIpc) is 3.73. The van der Waals surface area contributed by atoms with Crippen LogP contribution in [-0.4, -0.2) is 78.7 Å². The molecule has 10 nitrogen and oxygen atoms in total. The summed E-state index contributed by atoms with van der Waals surface area (Å²) in [7, 11) is 1.55. The van der Waals surface area contributed by atoms with Crippen molar-refractivity contribution in [1.82, 2.24) is 20.0 Å². The third-order valence-corrected chi connectivity index (χ3v) is 8.05. The topological polar surface area (TPSA) is 112 Å². The molecule has 6 rings (SSSR count). The average molecular weight is 632 g/mol. The van der Waals surface area contributed by atoms with Gasteiger partial charge in [-0.3, -0.25) is 14.7 Å². The minimum atomic E-state index is -4.47. The van der Waals surface area contributed by atoms with Crippen LogP contribution in [0, 0.1) is 5.82 Å². The largest absolute Gasteiger partial charge is 0.493 e. The smallest absolute Gasteiger partial charge is 0.401 e. The van der Waals surface area contributed by atoms with Crippen LogP contribution in [0.25, 0.3) is 22.3 Å². The number of hydrogen-bond donors (Lipinski definition) is 1. The number of anilines is 1. The molecule has 0 radical (unpaired) electrons. The van der Waals surface area contributed by atoms with Gasteiger partial charge in [0, 0.05) is 44.8 Å². The Morgan fingerprint density at radius 1 is 1.11 bits per heavy atom. The molecule has 2 aromatic carbocycles. The number of methoxy groups -OCH3 is 1. The molecule has 1 N–H and O–H groups in total. The first-order chi connectivity index (χ1) is 21.6. The van der Waals surface area contributed by atoms with Crippen molar-refractivity contribution in [3.63, 3.8) is 0 Å². The summed E-state index contributed by atoms with van der Waals surface area (Å²) in [6, 6.07) is 8.85. The molecule has 2 aliphatic rings. The molecule has 1 aliphatic carbocycles. The van der Waals surface area contributed by atoms with Crippen LogP contribution in [0.1, 0.15) is 32.0 Å². The second-order valence-electron chi connectivity index (χ2n) is 11.1. The lowest BCUT2D eigenvalue weighted by atomic mass is 10.0. The number of hydrogen-bond acceptors (Lipinski definition) is 9. The monoisotopic (exact) mass is 631 g/mol. The minimum absolute atomic E-state index is 0. The summed E-state index contributed by atoms with van der Waals surface area (Å²) in [6.45, 7) is 4.68. The zero-order valence-corrected chi connectivity index (χ0v) is 24.5. The molecule has 240 valence electrons. The summed E-state index contributed by atoms with van der Waals surface area (Å²) in [5, 5.41) is 5.91. The van der Waals surface area contributed by atoms with Crippen molar-refractivity contribution in [2.75, 3.05) is 51.9 Å². The van der Waals surface area contributed by atoms with Gasteiger partial charge in [0.2, 0.25) is 5.91 Å². The van der Waals surface area contributed by atoms with Crippen molar-refractivity contribution < 1.29 is 42.5 Å². The van der Waals surface area contributed by atoms with Crippen LogP contribution in [0.3, 0.4) is 0 Å². The highest BCUT2D eigenvalue weighted by molar-refractivity contribution is 5.91. The van der Waals surface area contributed by atoms with Crippen LogP contribution in [0.5, 0.6) is 11.5 Å². The van der Waals surface area contributed by atoms with Gasteiger partial charge in [0.05, 0.1) is 56.3 Å². The molecule has 0 atom stereocenters. The summed E-state index contributed by atoms with van der Waals surface area (Å²) in [5.74, 6) is -0.771. The minimum Gasteiger partial charge on any atom is -0.493 e. The van der Waals surface area contributed by atoms with Crippen LogP contribution >= 0.6 is 0 Å². The van der Waals surface area contributed by atoms with Gasteiger partial charge in [0.25, 0.3) is 0 Å². The molecule has 0 bridgehead atoms. The number of aromatic nitrogens is 3. The molecule has 4 aromatic rings. The van der Waals surface area contributed by atoms with Gasteiger partial charge < -0.3 is 24.1 Å². The number of rotatable bonds is 11. The highest BCUT2D eigenvalue weighted by Gasteiger charge is 2.66. The summed E-state index contributed by atoms with van der Waals surface area (Å²) >= 11 is 0. The molecular weight excluding hydrogens is 598 g/mol. The van der Waals surface area contributed by atoms with Crippen molar-refractivity contribution in [2.45, 2.75) is 37.3 Å². The highest BCUT2D eigenvalue weighted by atomic mass is 19.4. The first-order valence-electron chi connectivity index (χ1n) is 14.6. The molecule has 2 fully saturated rings. The maximum atomic E-state index is 15.1. The Hall–Kier alpha value is -4.30. The fourth-order valence-corrected chi connectivity index (χ4v) is 5.29. The first kappa shape index (κ1) is 30.7. The Bertz CT molecular complexity index is 1690. The Morgan fingerprint density at radius 2 is 1.89 bits per heavy atom. The number of ether oxygens (including phenoxy) is 3. The Kier molecular flexibility index (Phi) is 8.60. The van der Waals surface area contributed by atoms with Crippen molar-refractivity contribution >= 4 is 22.8 Å². The molecule has 3 heterocycles. The number of fused-ring (bicyclic) bond motifs is 1. The maximum Gasteiger partial charge on any atom is 0.401 e. The Balaban J connectivity index is 0.00000417. The molecule has 1 aliphatic heterocycles. The predicted octanol–water partition coefficient (Wildman–Crippen LogP) is 5.55. The Labute approximate surface area is 257 Å². The van der Waals surface area contributed by atoms with Crippen LogP contribution in [-0.2, 0) is 21.4 Å². The van der Waals surface area contributed by atoms with Gasteiger partial charge >= 0.3 is 6.18 Å². The second-order valence-corrected chi connectivity index (χ2v) is 11.1. The predicted molar refractivity (Wildman–Crippen MR) is 157 cm³/mol. The Morgan fingerprint density at radius 3 is 2.60 bits per heavy atom. The number of nitrogens with zero attached hydrogens (tertiary/aromatic N) is 4. The quantitative estimate of drug-likeness (QED) is 0.168. The zero-order chi connectivity index (χ0) is 31.6. The van der Waals surface area contributed by atoms with E-state index < -0.39 is 23.3 Å². The second kappa shape index (κ2) is 12.6. The number of halogens is 4. The van der Waals surface area contributed by atoms with Gasteiger partial charge in [-0.25, -0.2) is 9.37 Å². The molecular formula is C31H33F4N5O5. The molecule has 1 saturated carbocycles. The number of benzene rings is 2. The van der Waals surface area contributed by atoms with E-state index in [0.717, 1.165) is 45.3 Å². The van der Waals surface area contributed by atoms with E-state index in [9.17, 15) is 18.0 Å². The van der Waals surface area contributed by atoms with Crippen molar-refractivity contribution in [1.29, 1.82) is 0 Å². The van der Waals surface area contributed by atoms with E-state index in [0.29, 0.717) is 40.4 Å². The fraction of sp³-hybridized carbons (Fsp3) is 0.419. The van der Waals surface area contributed by atoms with E-state index in [1.165, 1.54) is 18.3 Å². The highest BCUT2D eigenvalue weighted by Crippen LogP contribution is 2.59. The SMILES string of the molecule is COc1cc2ncc(-c3ccc(CC(=O)Nc4cc(C5(C(F)(F)F)CC5)on4)c(F)c3)nc2cc1OCCCN1CCOCC1.[HH]. The summed E-state index contributed by atoms with van der Waals surface area (Å²) < 4.78 is 76.8. The molecule has 14 heteroatoms. The first-order valence-corrected chi connectivity index (χ1v) is 14.6. The summed E-state index contributed by atoms with van der Waals surface area (Å²) in [5.41, 5.74) is -0.0113. The van der Waals surface area contributed by atoms with E-state index in [4.69, 9.17) is 18.7 Å². The molecule has 2 aromatic heterocycles. The van der Waals surface area contributed by atoms with E-state index in [-0.39, 0.29) is 37.8 Å². The summed E-state index contributed by atoms with van der Waals surface area (Å²) in [4.78, 5) is 24.0. The number of alkyl halides is 3. The van der Waals surface area contributed by atoms with Gasteiger partial charge in [-0.15, -0.1) is 0 Å². The van der Waals surface area contributed by atoms with E-state index in [1.807, 2.05) is 0 Å². The van der Waals surface area contributed by atoms with Crippen LogP contribution in [0.2, 0.25) is 0 Å². The van der Waals surface area contributed by atoms with Gasteiger partial charge in [0.15, 0.2) is 23.1 Å². The standard InChI is InChI=1S/C31H31F4N5O5.H2/c1-42-25-15-22-23(16-26(25)44-10-2-7-40-8-11-43-12-9-40)37-24(18-36-22)20-4-3-19(21(32)13-20)14-29(41)38-28-17-27(45-39-28)30(5-6-30)31(33,34)35;/h3-4,13,15-18H,2,5-12,14H2,1H3,(H,38,39,41);1H. The van der Waals surface area contributed by atoms with Crippen molar-refractivity contribution in [2.24, 2.45) is 0 Å². The zero-order valence-electron chi connectivity index (χ0n) is 24.5. The van der Waals surface area contributed by atoms with Crippen molar-refractivity contribution in [3.05, 3.63) is 59.7 Å². The van der Waals surface area contributed by atoms with E-state index in [2.05, 4.69) is 25.3 Å². The lowest BCUT2D eigenvalue weighted by molar-refractivity contribution is -0.165. The number of carbonyl (C=O) groups excluding carboxylic acids is 1. The number of amides is 1. The van der Waals surface area contributed by atoms with Crippen LogP contribution in [0.15, 0.2) is 47.1 Å². The van der Waals surface area contributed by atoms with Gasteiger partial charge in [-0.2, -0.15) is 13.2 Å².